The summed E-state index contributed by atoms with van der Waals surface area (Å²) in [6, 6.07) is -0.447. The zero-order chi connectivity index (χ0) is 11.9. The van der Waals surface area contributed by atoms with Crippen LogP contribution < -0.4 is 5.32 Å². The quantitative estimate of drug-likeness (QED) is 0.726. The molecule has 0 heterocycles. The molecule has 0 rings (SSSR count). The third-order valence-corrected chi connectivity index (χ3v) is 1.93. The molecule has 0 aromatic carbocycles. The summed E-state index contributed by atoms with van der Waals surface area (Å²) in [6.07, 6.45) is -6.02. The average Bonchev–Trinajstić information content (AvgIpc) is 2.13. The molecule has 90 valence electrons. The largest absolute Gasteiger partial charge is 0.389 e. The number of carbonyl (C=O) groups excluding carboxylic acids is 1. The van der Waals surface area contributed by atoms with Crippen molar-refractivity contribution in [2.75, 3.05) is 19.6 Å². The lowest BCUT2D eigenvalue weighted by Crippen LogP contribution is -2.39. The zero-order valence-corrected chi connectivity index (χ0v) is 8.99. The second-order valence-corrected chi connectivity index (χ2v) is 3.30. The number of halogens is 4. The van der Waals surface area contributed by atoms with Gasteiger partial charge < -0.3 is 10.1 Å². The van der Waals surface area contributed by atoms with E-state index in [9.17, 15) is 18.0 Å². The number of amides is 1. The van der Waals surface area contributed by atoms with Gasteiger partial charge in [-0.1, -0.05) is 0 Å². The van der Waals surface area contributed by atoms with Crippen LogP contribution in [0.4, 0.5) is 13.2 Å². The van der Waals surface area contributed by atoms with E-state index in [2.05, 4.69) is 5.32 Å². The summed E-state index contributed by atoms with van der Waals surface area (Å²) >= 11 is 5.46. The predicted octanol–water partition coefficient (Wildman–Crippen LogP) is 1.70. The topological polar surface area (TPSA) is 38.3 Å². The molecule has 1 amide bonds. The zero-order valence-electron chi connectivity index (χ0n) is 8.23. The number of alkyl halides is 4. The van der Waals surface area contributed by atoms with Gasteiger partial charge in [0.15, 0.2) is 0 Å². The highest BCUT2D eigenvalue weighted by atomic mass is 35.5. The molecule has 0 saturated carbocycles. The third kappa shape index (κ3) is 8.50. The highest BCUT2D eigenvalue weighted by Crippen LogP contribution is 2.20. The molecule has 0 aliphatic rings. The van der Waals surface area contributed by atoms with E-state index in [0.29, 0.717) is 0 Å². The highest BCUT2D eigenvalue weighted by Gasteiger charge is 2.28. The number of rotatable bonds is 6. The van der Waals surface area contributed by atoms with Crippen molar-refractivity contribution in [3.05, 3.63) is 0 Å². The van der Waals surface area contributed by atoms with E-state index < -0.39 is 31.0 Å². The van der Waals surface area contributed by atoms with Gasteiger partial charge in [0.05, 0.1) is 19.1 Å². The monoisotopic (exact) mass is 247 g/mol. The van der Waals surface area contributed by atoms with Gasteiger partial charge in [-0.3, -0.25) is 4.79 Å². The van der Waals surface area contributed by atoms with Gasteiger partial charge in [-0.25, -0.2) is 0 Å². The van der Waals surface area contributed by atoms with Crippen molar-refractivity contribution in [1.29, 1.82) is 0 Å². The van der Waals surface area contributed by atoms with Crippen LogP contribution in [0.2, 0.25) is 0 Å². The molecule has 0 spiro atoms. The Labute approximate surface area is 90.9 Å². The normalized spacial score (nSPS) is 13.7. The maximum absolute atomic E-state index is 11.8. The third-order valence-electron chi connectivity index (χ3n) is 1.55. The highest BCUT2D eigenvalue weighted by molar-refractivity contribution is 6.18. The van der Waals surface area contributed by atoms with Crippen LogP contribution in [0.1, 0.15) is 12.8 Å². The Kier molecular flexibility index (Phi) is 6.67. The lowest BCUT2D eigenvalue weighted by Gasteiger charge is -2.15. The molecule has 0 aromatic rings. The Morgan fingerprint density at radius 1 is 1.53 bits per heavy atom. The summed E-state index contributed by atoms with van der Waals surface area (Å²) in [5.74, 6) is -0.568. The summed E-state index contributed by atoms with van der Waals surface area (Å²) in [6.45, 7) is 0.182. The maximum atomic E-state index is 11.8. The second-order valence-electron chi connectivity index (χ2n) is 2.99. The molecule has 1 unspecified atom stereocenters. The Balaban J connectivity index is 3.81. The van der Waals surface area contributed by atoms with Gasteiger partial charge in [-0.15, -0.1) is 11.6 Å². The van der Waals surface area contributed by atoms with Crippen molar-refractivity contribution in [2.45, 2.75) is 25.1 Å². The van der Waals surface area contributed by atoms with E-state index in [0.717, 1.165) is 0 Å². The summed E-state index contributed by atoms with van der Waals surface area (Å²) in [4.78, 5) is 11.0. The van der Waals surface area contributed by atoms with Gasteiger partial charge in [-0.2, -0.15) is 13.2 Å². The summed E-state index contributed by atoms with van der Waals surface area (Å²) in [7, 11) is 1.42. The average molecular weight is 248 g/mol. The Bertz CT molecular complexity index is 199. The Morgan fingerprint density at radius 3 is 2.53 bits per heavy atom. The van der Waals surface area contributed by atoms with Crippen LogP contribution in [0.3, 0.4) is 0 Å². The van der Waals surface area contributed by atoms with Crippen molar-refractivity contribution in [2.24, 2.45) is 0 Å². The van der Waals surface area contributed by atoms with Crippen molar-refractivity contribution in [1.82, 2.24) is 5.32 Å². The smallest absolute Gasteiger partial charge is 0.383 e. The molecule has 15 heavy (non-hydrogen) atoms. The van der Waals surface area contributed by atoms with E-state index >= 15 is 0 Å². The maximum Gasteiger partial charge on any atom is 0.389 e. The van der Waals surface area contributed by atoms with E-state index in [-0.39, 0.29) is 12.5 Å². The van der Waals surface area contributed by atoms with Gasteiger partial charge in [0.2, 0.25) is 5.91 Å². The van der Waals surface area contributed by atoms with Gasteiger partial charge in [0.25, 0.3) is 0 Å². The first-order chi connectivity index (χ1) is 6.89. The Hall–Kier alpha value is -0.490. The molecule has 0 aliphatic carbocycles. The van der Waals surface area contributed by atoms with Crippen LogP contribution in [-0.2, 0) is 9.53 Å². The molecule has 3 nitrogen and oxygen atoms in total. The first-order valence-electron chi connectivity index (χ1n) is 4.30. The van der Waals surface area contributed by atoms with Gasteiger partial charge in [0.1, 0.15) is 0 Å². The molecule has 0 bridgehead atoms. The summed E-state index contributed by atoms with van der Waals surface area (Å²) < 4.78 is 40.0. The van der Waals surface area contributed by atoms with Crippen LogP contribution in [0.25, 0.3) is 0 Å². The van der Waals surface area contributed by atoms with E-state index in [1.807, 2.05) is 0 Å². The number of hydrogen-bond donors (Lipinski definition) is 1. The van der Waals surface area contributed by atoms with Crippen molar-refractivity contribution in [3.63, 3.8) is 0 Å². The summed E-state index contributed by atoms with van der Waals surface area (Å²) in [5, 5.41) is 2.34. The molecular formula is C8H13ClF3NO2. The molecule has 1 N–H and O–H groups in total. The fraction of sp³-hybridized carbons (Fsp3) is 0.875. The van der Waals surface area contributed by atoms with Crippen molar-refractivity contribution in [3.8, 4) is 0 Å². The minimum atomic E-state index is -4.31. The lowest BCUT2D eigenvalue weighted by atomic mass is 10.2. The first kappa shape index (κ1) is 14.5. The van der Waals surface area contributed by atoms with E-state index in [4.69, 9.17) is 16.3 Å². The number of methoxy groups -OCH3 is 1. The van der Waals surface area contributed by atoms with Crippen LogP contribution in [0, 0.1) is 0 Å². The fourth-order valence-corrected chi connectivity index (χ4v) is 1.05. The van der Waals surface area contributed by atoms with Crippen LogP contribution >= 0.6 is 11.6 Å². The number of carbonyl (C=O) groups is 1. The standard InChI is InChI=1S/C8H13ClF3NO2/c1-15-5-6(4-9)13-7(14)2-3-8(10,11)12/h6H,2-5H2,1H3,(H,13,14). The van der Waals surface area contributed by atoms with Crippen molar-refractivity contribution >= 4 is 17.5 Å². The minimum absolute atomic E-state index is 0.103. The molecule has 0 aromatic heterocycles. The molecular weight excluding hydrogens is 235 g/mol. The first-order valence-corrected chi connectivity index (χ1v) is 4.83. The summed E-state index contributed by atoms with van der Waals surface area (Å²) in [5.41, 5.74) is 0. The number of hydrogen-bond acceptors (Lipinski definition) is 2. The molecule has 0 saturated heterocycles. The van der Waals surface area contributed by atoms with Crippen molar-refractivity contribution < 1.29 is 22.7 Å². The van der Waals surface area contributed by atoms with Crippen LogP contribution in [-0.4, -0.2) is 37.7 Å². The minimum Gasteiger partial charge on any atom is -0.383 e. The molecule has 0 radical (unpaired) electrons. The van der Waals surface area contributed by atoms with Crippen LogP contribution in [0.5, 0.6) is 0 Å². The Morgan fingerprint density at radius 2 is 2.13 bits per heavy atom. The number of ether oxygens (including phenoxy) is 1. The molecule has 0 fully saturated rings. The van der Waals surface area contributed by atoms with E-state index in [1.165, 1.54) is 7.11 Å². The molecule has 1 atom stereocenters. The molecule has 7 heteroatoms. The van der Waals surface area contributed by atoms with Crippen LogP contribution in [0.15, 0.2) is 0 Å². The fourth-order valence-electron chi connectivity index (χ4n) is 0.881. The van der Waals surface area contributed by atoms with E-state index in [1.54, 1.807) is 0 Å². The number of nitrogens with one attached hydrogen (secondary N) is 1. The van der Waals surface area contributed by atoms with Gasteiger partial charge >= 0.3 is 6.18 Å². The second kappa shape index (κ2) is 6.90. The van der Waals surface area contributed by atoms with Gasteiger partial charge in [0, 0.05) is 19.4 Å². The van der Waals surface area contributed by atoms with Gasteiger partial charge in [-0.05, 0) is 0 Å². The lowest BCUT2D eigenvalue weighted by molar-refractivity contribution is -0.144. The predicted molar refractivity (Wildman–Crippen MR) is 49.8 cm³/mol. The molecule has 0 aliphatic heterocycles. The SMILES string of the molecule is COCC(CCl)NC(=O)CCC(F)(F)F.